The van der Waals surface area contributed by atoms with Crippen LogP contribution in [0.25, 0.3) is 0 Å². The van der Waals surface area contributed by atoms with Crippen molar-refractivity contribution in [2.24, 2.45) is 5.73 Å². The number of nitrogens with one attached hydrogen (secondary N) is 1. The molecule has 12 heteroatoms. The zero-order valence-corrected chi connectivity index (χ0v) is 13.5. The maximum Gasteiger partial charge on any atom is 0.472 e. The molecule has 2 saturated heterocycles. The molecule has 0 aromatic rings. The molecule has 2 amide bonds. The Hall–Kier alpha value is -0.270. The summed E-state index contributed by atoms with van der Waals surface area (Å²) in [7, 11) is -4.19. The van der Waals surface area contributed by atoms with Crippen molar-refractivity contribution >= 4 is 36.4 Å². The largest absolute Gasteiger partial charge is 0.472 e. The molecule has 2 fully saturated rings. The molecule has 3 aliphatic rings. The Balaban J connectivity index is 1.82. The first-order valence-electron chi connectivity index (χ1n) is 5.99. The lowest BCUT2D eigenvalue weighted by atomic mass is 10.1. The Bertz CT molecular complexity index is 545. The number of phosphoric ester groups is 1. The maximum absolute atomic E-state index is 11.9. The van der Waals surface area contributed by atoms with Crippen molar-refractivity contribution in [3.05, 3.63) is 9.78 Å². The fourth-order valence-corrected chi connectivity index (χ4v) is 3.72. The summed E-state index contributed by atoms with van der Waals surface area (Å²) in [4.78, 5) is 22.4. The first-order valence-corrected chi connectivity index (χ1v) is 8.57. The summed E-state index contributed by atoms with van der Waals surface area (Å²) in [6.45, 7) is -0.207. The third kappa shape index (κ3) is 2.84. The standard InChI is InChI=1S/C9H13IN3O7P/c10-3-1-13(9(15)12-7(3)11)8-5(14)6-4(19-8)2-18-21(16,17)20-6/h1,4-8,14H,2,11H2,(H,12,15)(H,16,17)/t4?,5-,6?,7?,8-/m1/s1. The first kappa shape index (κ1) is 15.6. The molecular formula is C9H13IN3O7P. The van der Waals surface area contributed by atoms with Crippen molar-refractivity contribution in [3.8, 4) is 0 Å². The van der Waals surface area contributed by atoms with E-state index in [9.17, 15) is 19.4 Å². The molecule has 10 nitrogen and oxygen atoms in total. The van der Waals surface area contributed by atoms with Crippen LogP contribution >= 0.6 is 30.4 Å². The normalized spacial score (nSPS) is 46.9. The summed E-state index contributed by atoms with van der Waals surface area (Å²) in [5, 5.41) is 12.7. The molecule has 6 atom stereocenters. The second kappa shape index (κ2) is 5.42. The lowest BCUT2D eigenvalue weighted by Gasteiger charge is -2.33. The third-order valence-corrected chi connectivity index (χ3v) is 5.25. The Morgan fingerprint density at radius 2 is 2.29 bits per heavy atom. The van der Waals surface area contributed by atoms with Gasteiger partial charge in [0, 0.05) is 9.78 Å². The van der Waals surface area contributed by atoms with Crippen LogP contribution in [-0.2, 0) is 18.3 Å². The van der Waals surface area contributed by atoms with E-state index in [0.29, 0.717) is 3.58 Å². The van der Waals surface area contributed by atoms with Crippen LogP contribution in [0.5, 0.6) is 0 Å². The summed E-state index contributed by atoms with van der Waals surface area (Å²) in [6, 6.07) is -0.543. The zero-order valence-electron chi connectivity index (χ0n) is 10.5. The monoisotopic (exact) mass is 433 g/mol. The van der Waals surface area contributed by atoms with Gasteiger partial charge in [0.2, 0.25) is 0 Å². The molecule has 21 heavy (non-hydrogen) atoms. The van der Waals surface area contributed by atoms with Crippen LogP contribution in [0.3, 0.4) is 0 Å². The van der Waals surface area contributed by atoms with Gasteiger partial charge in [-0.3, -0.25) is 13.9 Å². The Morgan fingerprint density at radius 1 is 1.57 bits per heavy atom. The summed E-state index contributed by atoms with van der Waals surface area (Å²) in [5.74, 6) is 0. The number of fused-ring (bicyclic) bond motifs is 1. The van der Waals surface area contributed by atoms with E-state index < -0.39 is 44.6 Å². The topological polar surface area (TPSA) is 144 Å². The number of urea groups is 1. The number of hydrogen-bond acceptors (Lipinski definition) is 7. The fourth-order valence-electron chi connectivity index (χ4n) is 2.30. The number of phosphoric acid groups is 1. The molecule has 0 spiro atoms. The van der Waals surface area contributed by atoms with E-state index in [0.717, 1.165) is 4.90 Å². The van der Waals surface area contributed by atoms with Crippen molar-refractivity contribution < 1.29 is 33.1 Å². The van der Waals surface area contributed by atoms with Gasteiger partial charge in [0.15, 0.2) is 6.23 Å². The number of hydrogen-bond donors (Lipinski definition) is 4. The van der Waals surface area contributed by atoms with Crippen LogP contribution in [0.15, 0.2) is 9.78 Å². The van der Waals surface area contributed by atoms with Crippen LogP contribution < -0.4 is 11.1 Å². The number of nitrogens with zero attached hydrogens (tertiary/aromatic N) is 1. The van der Waals surface area contributed by atoms with Crippen molar-refractivity contribution in [1.82, 2.24) is 10.2 Å². The molecule has 3 rings (SSSR count). The van der Waals surface area contributed by atoms with Gasteiger partial charge in [-0.2, -0.15) is 0 Å². The lowest BCUT2D eigenvalue weighted by molar-refractivity contribution is -0.0750. The van der Waals surface area contributed by atoms with Gasteiger partial charge in [0.25, 0.3) is 0 Å². The number of halogens is 1. The van der Waals surface area contributed by atoms with Crippen LogP contribution in [0.4, 0.5) is 4.79 Å². The van der Waals surface area contributed by atoms with Crippen molar-refractivity contribution in [3.63, 3.8) is 0 Å². The van der Waals surface area contributed by atoms with Crippen molar-refractivity contribution in [2.45, 2.75) is 30.7 Å². The minimum Gasteiger partial charge on any atom is -0.386 e. The SMILES string of the molecule is NC1NC(=O)N([C@@H]2OC3COP(=O)(O)OC3[C@H]2O)C=C1I. The lowest BCUT2D eigenvalue weighted by Crippen LogP contribution is -2.56. The summed E-state index contributed by atoms with van der Waals surface area (Å²) < 4.78 is 27.0. The number of carbonyl (C=O) groups is 1. The van der Waals surface area contributed by atoms with E-state index in [2.05, 4.69) is 9.84 Å². The van der Waals surface area contributed by atoms with Crippen molar-refractivity contribution in [2.75, 3.05) is 6.61 Å². The predicted molar refractivity (Wildman–Crippen MR) is 75.8 cm³/mol. The molecule has 118 valence electrons. The highest BCUT2D eigenvalue weighted by Gasteiger charge is 2.54. The molecule has 5 N–H and O–H groups in total. The molecule has 0 radical (unpaired) electrons. The highest BCUT2D eigenvalue weighted by Crippen LogP contribution is 2.51. The Labute approximate surface area is 133 Å². The van der Waals surface area contributed by atoms with Gasteiger partial charge in [-0.15, -0.1) is 0 Å². The molecule has 3 aliphatic heterocycles. The van der Waals surface area contributed by atoms with Gasteiger partial charge in [0.05, 0.1) is 6.61 Å². The average Bonchev–Trinajstić information content (AvgIpc) is 2.70. The fraction of sp³-hybridized carbons (Fsp3) is 0.667. The molecule has 3 heterocycles. The van der Waals surface area contributed by atoms with Crippen molar-refractivity contribution in [1.29, 1.82) is 0 Å². The molecule has 0 aromatic carbocycles. The third-order valence-electron chi connectivity index (χ3n) is 3.31. The molecule has 4 unspecified atom stereocenters. The van der Waals surface area contributed by atoms with Crippen LogP contribution in [0.1, 0.15) is 0 Å². The molecule has 0 aliphatic carbocycles. The number of aliphatic hydroxyl groups is 1. The summed E-state index contributed by atoms with van der Waals surface area (Å²) in [6.07, 6.45) is -3.30. The minimum absolute atomic E-state index is 0.207. The van der Waals surface area contributed by atoms with E-state index in [1.54, 1.807) is 0 Å². The second-order valence-corrected chi connectivity index (χ2v) is 7.39. The number of aliphatic hydroxyl groups excluding tert-OH is 1. The smallest absolute Gasteiger partial charge is 0.386 e. The van der Waals surface area contributed by atoms with E-state index in [1.807, 2.05) is 22.6 Å². The second-order valence-electron chi connectivity index (χ2n) is 4.74. The Kier molecular flexibility index (Phi) is 4.03. The van der Waals surface area contributed by atoms with Crippen LogP contribution in [-0.4, -0.2) is 58.2 Å². The maximum atomic E-state index is 11.9. The minimum atomic E-state index is -4.19. The molecule has 0 aromatic heterocycles. The van der Waals surface area contributed by atoms with Gasteiger partial charge in [-0.05, 0) is 22.6 Å². The number of rotatable bonds is 1. The molecule has 0 saturated carbocycles. The zero-order chi connectivity index (χ0) is 15.4. The van der Waals surface area contributed by atoms with Gasteiger partial charge in [0.1, 0.15) is 24.5 Å². The van der Waals surface area contributed by atoms with E-state index >= 15 is 0 Å². The quantitative estimate of drug-likeness (QED) is 0.310. The highest BCUT2D eigenvalue weighted by atomic mass is 127. The van der Waals surface area contributed by atoms with E-state index in [4.69, 9.17) is 15.0 Å². The molecular weight excluding hydrogens is 420 g/mol. The highest BCUT2D eigenvalue weighted by molar-refractivity contribution is 14.1. The van der Waals surface area contributed by atoms with Gasteiger partial charge in [-0.1, -0.05) is 0 Å². The predicted octanol–water partition coefficient (Wildman–Crippen LogP) is -0.826. The summed E-state index contributed by atoms with van der Waals surface area (Å²) in [5.41, 5.74) is 5.66. The first-order chi connectivity index (χ1) is 9.78. The number of carbonyl (C=O) groups excluding carboxylic acids is 1. The van der Waals surface area contributed by atoms with E-state index in [-0.39, 0.29) is 6.61 Å². The summed E-state index contributed by atoms with van der Waals surface area (Å²) >= 11 is 1.95. The van der Waals surface area contributed by atoms with Crippen LogP contribution in [0, 0.1) is 0 Å². The molecule has 0 bridgehead atoms. The number of ether oxygens (including phenoxy) is 1. The van der Waals surface area contributed by atoms with Gasteiger partial charge in [-0.25, -0.2) is 9.36 Å². The van der Waals surface area contributed by atoms with E-state index in [1.165, 1.54) is 6.20 Å². The number of nitrogens with two attached hydrogens (primary N) is 1. The Morgan fingerprint density at radius 3 is 3.00 bits per heavy atom. The number of amides is 2. The van der Waals surface area contributed by atoms with Crippen LogP contribution in [0.2, 0.25) is 0 Å². The van der Waals surface area contributed by atoms with Gasteiger partial charge >= 0.3 is 13.9 Å². The average molecular weight is 433 g/mol. The van der Waals surface area contributed by atoms with Gasteiger partial charge < -0.3 is 25.8 Å².